The smallest absolute Gasteiger partial charge is 0.246 e. The Morgan fingerprint density at radius 3 is 2.85 bits per heavy atom. The lowest BCUT2D eigenvalue weighted by Crippen LogP contribution is -2.29. The van der Waals surface area contributed by atoms with Gasteiger partial charge >= 0.3 is 0 Å². The van der Waals surface area contributed by atoms with Crippen LogP contribution in [0.5, 0.6) is 17.2 Å². The number of carbonyl (C=O) groups is 1. The first-order chi connectivity index (χ1) is 12.5. The Bertz CT molecular complexity index is 823. The van der Waals surface area contributed by atoms with E-state index < -0.39 is 0 Å². The van der Waals surface area contributed by atoms with Gasteiger partial charge in [-0.1, -0.05) is 11.6 Å². The molecule has 0 unspecified atom stereocenters. The molecule has 2 aromatic carbocycles. The lowest BCUT2D eigenvalue weighted by atomic mass is 10.2. The summed E-state index contributed by atoms with van der Waals surface area (Å²) in [4.78, 5) is 13.7. The molecular weight excluding hydrogens is 361 g/mol. The summed E-state index contributed by atoms with van der Waals surface area (Å²) in [5.41, 5.74) is 0.739. The first-order valence-corrected chi connectivity index (χ1v) is 8.31. The number of amides is 1. The zero-order valence-corrected chi connectivity index (χ0v) is 14.8. The summed E-state index contributed by atoms with van der Waals surface area (Å²) in [7, 11) is 1.67. The molecule has 0 N–H and O–H groups in total. The molecule has 1 aliphatic heterocycles. The predicted octanol–water partition coefficient (Wildman–Crippen LogP) is 3.76. The Kier molecular flexibility index (Phi) is 5.63. The van der Waals surface area contributed by atoms with E-state index in [0.29, 0.717) is 35.4 Å². The number of nitrogens with zero attached hydrogens (tertiary/aromatic N) is 1. The highest BCUT2D eigenvalue weighted by atomic mass is 35.5. The quantitative estimate of drug-likeness (QED) is 0.719. The summed E-state index contributed by atoms with van der Waals surface area (Å²) in [6, 6.07) is 9.19. The van der Waals surface area contributed by atoms with Crippen molar-refractivity contribution < 1.29 is 23.4 Å². The average molecular weight is 378 g/mol. The van der Waals surface area contributed by atoms with Crippen LogP contribution in [0.3, 0.4) is 0 Å². The van der Waals surface area contributed by atoms with Crippen molar-refractivity contribution in [1.29, 1.82) is 0 Å². The summed E-state index contributed by atoms with van der Waals surface area (Å²) in [5.74, 6) is 1.13. The molecule has 3 rings (SSSR count). The van der Waals surface area contributed by atoms with E-state index >= 15 is 0 Å². The van der Waals surface area contributed by atoms with Gasteiger partial charge in [0.05, 0.1) is 11.6 Å². The molecule has 1 aliphatic rings. The van der Waals surface area contributed by atoms with Crippen LogP contribution in [-0.2, 0) is 4.79 Å². The van der Waals surface area contributed by atoms with E-state index in [1.807, 2.05) is 0 Å². The van der Waals surface area contributed by atoms with Crippen LogP contribution in [0.15, 0.2) is 42.5 Å². The summed E-state index contributed by atoms with van der Waals surface area (Å²) in [5, 5.41) is 0.438. The highest BCUT2D eigenvalue weighted by Crippen LogP contribution is 2.40. The van der Waals surface area contributed by atoms with Gasteiger partial charge in [0.15, 0.2) is 11.5 Å². The summed E-state index contributed by atoms with van der Waals surface area (Å²) in [6.07, 6.45) is 3.11. The third kappa shape index (κ3) is 4.46. The Morgan fingerprint density at radius 1 is 1.31 bits per heavy atom. The number of rotatable bonds is 6. The standard InChI is InChI=1S/C19H17ClFNO4/c1-22(8-9-24-15-5-3-14(21)4-6-15)18(23)7-2-13-10-16(20)19-17(11-13)25-12-26-19/h2-7,10-11H,8-9,12H2,1H3. The second kappa shape index (κ2) is 8.10. The van der Waals surface area contributed by atoms with Crippen molar-refractivity contribution in [3.63, 3.8) is 0 Å². The topological polar surface area (TPSA) is 48.0 Å². The summed E-state index contributed by atoms with van der Waals surface area (Å²) < 4.78 is 28.9. The van der Waals surface area contributed by atoms with Gasteiger partial charge in [0.1, 0.15) is 18.2 Å². The second-order valence-corrected chi connectivity index (χ2v) is 6.04. The van der Waals surface area contributed by atoms with Crippen molar-refractivity contribution in [2.45, 2.75) is 0 Å². The zero-order valence-electron chi connectivity index (χ0n) is 14.1. The maximum absolute atomic E-state index is 12.8. The summed E-state index contributed by atoms with van der Waals surface area (Å²) >= 11 is 6.11. The van der Waals surface area contributed by atoms with E-state index in [2.05, 4.69) is 0 Å². The molecule has 0 spiro atoms. The van der Waals surface area contributed by atoms with Crippen LogP contribution < -0.4 is 14.2 Å². The van der Waals surface area contributed by atoms with E-state index in [-0.39, 0.29) is 18.5 Å². The van der Waals surface area contributed by atoms with Gasteiger partial charge in [0, 0.05) is 13.1 Å². The van der Waals surface area contributed by atoms with E-state index in [4.69, 9.17) is 25.8 Å². The molecule has 0 bridgehead atoms. The van der Waals surface area contributed by atoms with Crippen LogP contribution in [0.1, 0.15) is 5.56 Å². The van der Waals surface area contributed by atoms with Crippen molar-refractivity contribution >= 4 is 23.6 Å². The third-order valence-electron chi connectivity index (χ3n) is 3.75. The Balaban J connectivity index is 1.51. The minimum Gasteiger partial charge on any atom is -0.492 e. The number of fused-ring (bicyclic) bond motifs is 1. The minimum atomic E-state index is -0.321. The molecule has 0 saturated carbocycles. The molecule has 0 aliphatic carbocycles. The molecule has 136 valence electrons. The fraction of sp³-hybridized carbons (Fsp3) is 0.211. The van der Waals surface area contributed by atoms with Crippen molar-refractivity contribution in [1.82, 2.24) is 4.90 Å². The van der Waals surface area contributed by atoms with Gasteiger partial charge in [-0.05, 0) is 48.0 Å². The van der Waals surface area contributed by atoms with Crippen LogP contribution in [0, 0.1) is 5.82 Å². The summed E-state index contributed by atoms with van der Waals surface area (Å²) in [6.45, 7) is 0.831. The zero-order chi connectivity index (χ0) is 18.5. The lowest BCUT2D eigenvalue weighted by molar-refractivity contribution is -0.125. The van der Waals surface area contributed by atoms with Gasteiger partial charge in [-0.2, -0.15) is 0 Å². The van der Waals surface area contributed by atoms with E-state index in [1.165, 1.54) is 23.1 Å². The van der Waals surface area contributed by atoms with Crippen molar-refractivity contribution in [2.75, 3.05) is 27.0 Å². The predicted molar refractivity (Wildman–Crippen MR) is 96.1 cm³/mol. The fourth-order valence-corrected chi connectivity index (χ4v) is 2.59. The first-order valence-electron chi connectivity index (χ1n) is 7.93. The molecule has 1 amide bonds. The molecule has 0 atom stereocenters. The molecule has 0 fully saturated rings. The molecule has 0 saturated heterocycles. The van der Waals surface area contributed by atoms with Crippen LogP contribution in [0.25, 0.3) is 6.08 Å². The molecule has 0 radical (unpaired) electrons. The molecule has 2 aromatic rings. The SMILES string of the molecule is CN(CCOc1ccc(F)cc1)C(=O)C=Cc1cc(Cl)c2c(c1)OCO2. The van der Waals surface area contributed by atoms with Crippen LogP contribution in [0.2, 0.25) is 5.02 Å². The normalized spacial score (nSPS) is 12.4. The van der Waals surface area contributed by atoms with Gasteiger partial charge in [0.2, 0.25) is 12.7 Å². The highest BCUT2D eigenvalue weighted by Gasteiger charge is 2.17. The van der Waals surface area contributed by atoms with Gasteiger partial charge in [-0.15, -0.1) is 0 Å². The minimum absolute atomic E-state index is 0.137. The van der Waals surface area contributed by atoms with E-state index in [0.717, 1.165) is 5.56 Å². The Morgan fingerprint density at radius 2 is 2.08 bits per heavy atom. The van der Waals surface area contributed by atoms with Gasteiger partial charge in [-0.3, -0.25) is 4.79 Å². The molecule has 26 heavy (non-hydrogen) atoms. The van der Waals surface area contributed by atoms with Gasteiger partial charge < -0.3 is 19.1 Å². The van der Waals surface area contributed by atoms with Crippen LogP contribution in [0.4, 0.5) is 4.39 Å². The monoisotopic (exact) mass is 377 g/mol. The Hall–Kier alpha value is -2.73. The maximum atomic E-state index is 12.8. The van der Waals surface area contributed by atoms with Crippen molar-refractivity contribution in [2.24, 2.45) is 0 Å². The molecule has 1 heterocycles. The number of hydrogen-bond donors (Lipinski definition) is 0. The number of hydrogen-bond acceptors (Lipinski definition) is 4. The number of ether oxygens (including phenoxy) is 3. The van der Waals surface area contributed by atoms with Gasteiger partial charge in [-0.25, -0.2) is 4.39 Å². The van der Waals surface area contributed by atoms with Crippen LogP contribution >= 0.6 is 11.6 Å². The third-order valence-corrected chi connectivity index (χ3v) is 4.03. The fourth-order valence-electron chi connectivity index (χ4n) is 2.32. The number of halogens is 2. The van der Waals surface area contributed by atoms with E-state index in [1.54, 1.807) is 37.4 Å². The highest BCUT2D eigenvalue weighted by molar-refractivity contribution is 6.32. The maximum Gasteiger partial charge on any atom is 0.246 e. The number of benzene rings is 2. The number of likely N-dealkylation sites (N-methyl/N-ethyl adjacent to an activating group) is 1. The van der Waals surface area contributed by atoms with Crippen molar-refractivity contribution in [3.8, 4) is 17.2 Å². The molecular formula is C19H17ClFNO4. The van der Waals surface area contributed by atoms with E-state index in [9.17, 15) is 9.18 Å². The molecule has 5 nitrogen and oxygen atoms in total. The number of carbonyl (C=O) groups excluding carboxylic acids is 1. The first kappa shape index (κ1) is 18.1. The molecule has 7 heteroatoms. The second-order valence-electron chi connectivity index (χ2n) is 5.63. The lowest BCUT2D eigenvalue weighted by Gasteiger charge is -2.15. The molecule has 0 aromatic heterocycles. The Labute approximate surface area is 155 Å². The average Bonchev–Trinajstić information content (AvgIpc) is 3.10. The van der Waals surface area contributed by atoms with Crippen molar-refractivity contribution in [3.05, 3.63) is 58.9 Å². The largest absolute Gasteiger partial charge is 0.492 e. The van der Waals surface area contributed by atoms with Crippen LogP contribution in [-0.4, -0.2) is 37.8 Å². The van der Waals surface area contributed by atoms with Gasteiger partial charge in [0.25, 0.3) is 0 Å².